The van der Waals surface area contributed by atoms with Crippen LogP contribution in [0.4, 0.5) is 8.78 Å². The SMILES string of the molecule is O=C(NCc1ccccc1)C(=O)C(C[C@@H]1CCNC1=O)NC(=O)[C@H](CC1CCCCC1)NC(=O)c1ccc2c(c1)OC(F)(F)O2. The van der Waals surface area contributed by atoms with E-state index in [0.29, 0.717) is 13.0 Å². The monoisotopic (exact) mass is 626 g/mol. The number of carbonyl (C=O) groups excluding carboxylic acids is 5. The highest BCUT2D eigenvalue weighted by molar-refractivity contribution is 6.38. The van der Waals surface area contributed by atoms with Crippen molar-refractivity contribution in [2.45, 2.75) is 76.3 Å². The maximum atomic E-state index is 13.8. The molecule has 2 aromatic rings. The van der Waals surface area contributed by atoms with Gasteiger partial charge in [-0.2, -0.15) is 0 Å². The highest BCUT2D eigenvalue weighted by atomic mass is 19.3. The van der Waals surface area contributed by atoms with Crippen LogP contribution < -0.4 is 30.7 Å². The molecule has 0 radical (unpaired) electrons. The minimum absolute atomic E-state index is 0.0352. The summed E-state index contributed by atoms with van der Waals surface area (Å²) in [4.78, 5) is 65.7. The Hall–Kier alpha value is -4.55. The third kappa shape index (κ3) is 8.34. The normalized spacial score (nSPS) is 20.0. The van der Waals surface area contributed by atoms with Crippen molar-refractivity contribution in [3.05, 3.63) is 59.7 Å². The van der Waals surface area contributed by atoms with Gasteiger partial charge in [-0.15, -0.1) is 8.78 Å². The summed E-state index contributed by atoms with van der Waals surface area (Å²) in [6.45, 7) is 0.512. The molecule has 2 aromatic carbocycles. The fourth-order valence-electron chi connectivity index (χ4n) is 6.00. The van der Waals surface area contributed by atoms with Gasteiger partial charge in [-0.3, -0.25) is 24.0 Å². The molecule has 13 heteroatoms. The van der Waals surface area contributed by atoms with E-state index in [0.717, 1.165) is 43.7 Å². The van der Waals surface area contributed by atoms with Gasteiger partial charge in [-0.25, -0.2) is 0 Å². The quantitative estimate of drug-likeness (QED) is 0.265. The Morgan fingerprint density at radius 3 is 2.33 bits per heavy atom. The van der Waals surface area contributed by atoms with Crippen molar-refractivity contribution < 1.29 is 42.2 Å². The van der Waals surface area contributed by atoms with Crippen molar-refractivity contribution in [3.8, 4) is 11.5 Å². The van der Waals surface area contributed by atoms with E-state index in [1.165, 1.54) is 12.1 Å². The summed E-state index contributed by atoms with van der Waals surface area (Å²) < 4.78 is 35.9. The number of carbonyl (C=O) groups is 5. The Morgan fingerprint density at radius 1 is 0.889 bits per heavy atom. The van der Waals surface area contributed by atoms with Crippen LogP contribution in [0, 0.1) is 11.8 Å². The Bertz CT molecular complexity index is 1430. The van der Waals surface area contributed by atoms with Crippen LogP contribution in [0.3, 0.4) is 0 Å². The summed E-state index contributed by atoms with van der Waals surface area (Å²) in [6.07, 6.45) is 1.49. The maximum absolute atomic E-state index is 13.8. The average Bonchev–Trinajstić information content (AvgIpc) is 3.58. The molecule has 5 rings (SSSR count). The first-order valence-corrected chi connectivity index (χ1v) is 15.2. The molecule has 4 N–H and O–H groups in total. The minimum atomic E-state index is -3.86. The molecule has 1 aliphatic carbocycles. The molecular weight excluding hydrogens is 590 g/mol. The number of amides is 4. The fourth-order valence-corrected chi connectivity index (χ4v) is 6.00. The third-order valence-electron chi connectivity index (χ3n) is 8.41. The van der Waals surface area contributed by atoms with Crippen molar-refractivity contribution in [3.63, 3.8) is 0 Å². The molecule has 3 aliphatic rings. The fraction of sp³-hybridized carbons (Fsp3) is 0.469. The molecule has 1 saturated heterocycles. The second kappa shape index (κ2) is 14.0. The number of alkyl halides is 2. The van der Waals surface area contributed by atoms with Gasteiger partial charge in [0.1, 0.15) is 6.04 Å². The molecule has 240 valence electrons. The first-order chi connectivity index (χ1) is 21.6. The van der Waals surface area contributed by atoms with E-state index in [4.69, 9.17) is 0 Å². The summed E-state index contributed by atoms with van der Waals surface area (Å²) in [5.74, 6) is -4.49. The molecule has 3 atom stereocenters. The van der Waals surface area contributed by atoms with Gasteiger partial charge in [0, 0.05) is 24.6 Å². The molecule has 11 nitrogen and oxygen atoms in total. The third-order valence-corrected chi connectivity index (χ3v) is 8.41. The van der Waals surface area contributed by atoms with Crippen LogP contribution in [0.25, 0.3) is 0 Å². The topological polar surface area (TPSA) is 152 Å². The standard InChI is InChI=1S/C32H36F2N4O7/c33-32(34)44-25-12-11-21(17-26(25)45-32)29(41)38-24(15-19-7-3-1-4-8-19)30(42)37-23(16-22-13-14-35-28(22)40)27(39)31(43)36-18-20-9-5-2-6-10-20/h2,5-6,9-12,17,19,22-24H,1,3-4,7-8,13-16,18H2,(H,35,40)(H,36,43)(H,37,42)(H,38,41)/t22-,23?,24-/m0/s1. The zero-order chi connectivity index (χ0) is 32.0. The number of ketones is 1. The number of halogens is 2. The Morgan fingerprint density at radius 2 is 1.62 bits per heavy atom. The zero-order valence-electron chi connectivity index (χ0n) is 24.6. The van der Waals surface area contributed by atoms with Crippen LogP contribution in [0.5, 0.6) is 11.5 Å². The number of ether oxygens (including phenoxy) is 2. The van der Waals surface area contributed by atoms with Crippen molar-refractivity contribution in [2.75, 3.05) is 6.54 Å². The van der Waals surface area contributed by atoms with E-state index in [1.54, 1.807) is 24.3 Å². The molecule has 2 fully saturated rings. The van der Waals surface area contributed by atoms with Crippen molar-refractivity contribution in [2.24, 2.45) is 11.8 Å². The number of benzene rings is 2. The number of hydrogen-bond donors (Lipinski definition) is 4. The van der Waals surface area contributed by atoms with Crippen molar-refractivity contribution in [1.29, 1.82) is 0 Å². The van der Waals surface area contributed by atoms with Crippen LogP contribution in [0.2, 0.25) is 0 Å². The summed E-state index contributed by atoms with van der Waals surface area (Å²) in [7, 11) is 0. The lowest BCUT2D eigenvalue weighted by Gasteiger charge is -2.28. The molecule has 2 aliphatic heterocycles. The highest BCUT2D eigenvalue weighted by Gasteiger charge is 2.44. The van der Waals surface area contributed by atoms with E-state index >= 15 is 0 Å². The number of rotatable bonds is 12. The molecule has 45 heavy (non-hydrogen) atoms. The summed E-state index contributed by atoms with van der Waals surface area (Å²) >= 11 is 0. The molecule has 0 aromatic heterocycles. The maximum Gasteiger partial charge on any atom is 0.586 e. The molecule has 2 heterocycles. The van der Waals surface area contributed by atoms with Gasteiger partial charge in [-0.1, -0.05) is 62.4 Å². The lowest BCUT2D eigenvalue weighted by Crippen LogP contribution is -2.55. The molecule has 4 amide bonds. The number of nitrogens with one attached hydrogen (secondary N) is 4. The van der Waals surface area contributed by atoms with E-state index < -0.39 is 47.8 Å². The van der Waals surface area contributed by atoms with Gasteiger partial charge in [0.25, 0.3) is 11.8 Å². The van der Waals surface area contributed by atoms with Crippen LogP contribution in [-0.2, 0) is 25.7 Å². The summed E-state index contributed by atoms with van der Waals surface area (Å²) in [5.41, 5.74) is 0.740. The Balaban J connectivity index is 1.31. The number of fused-ring (bicyclic) bond motifs is 1. The predicted molar refractivity (Wildman–Crippen MR) is 156 cm³/mol. The molecule has 1 saturated carbocycles. The number of Topliss-reactive ketones (excluding diaryl/α,β-unsaturated/α-hetero) is 1. The van der Waals surface area contributed by atoms with Crippen LogP contribution in [0.15, 0.2) is 48.5 Å². The second-order valence-electron chi connectivity index (χ2n) is 11.7. The molecule has 0 spiro atoms. The van der Waals surface area contributed by atoms with Crippen molar-refractivity contribution in [1.82, 2.24) is 21.3 Å². The van der Waals surface area contributed by atoms with E-state index in [-0.39, 0.29) is 48.3 Å². The molecule has 0 bridgehead atoms. The van der Waals surface area contributed by atoms with Gasteiger partial charge < -0.3 is 30.7 Å². The van der Waals surface area contributed by atoms with E-state index in [1.807, 2.05) is 6.07 Å². The van der Waals surface area contributed by atoms with Crippen LogP contribution in [-0.4, -0.2) is 54.3 Å². The average molecular weight is 627 g/mol. The van der Waals surface area contributed by atoms with E-state index in [9.17, 15) is 32.8 Å². The van der Waals surface area contributed by atoms with Gasteiger partial charge in [-0.05, 0) is 48.9 Å². The van der Waals surface area contributed by atoms with Crippen LogP contribution in [0.1, 0.15) is 67.3 Å². The van der Waals surface area contributed by atoms with E-state index in [2.05, 4.69) is 30.7 Å². The number of hydrogen-bond acceptors (Lipinski definition) is 7. The molecular formula is C32H36F2N4O7. The molecule has 1 unspecified atom stereocenters. The smallest absolute Gasteiger partial charge is 0.395 e. The van der Waals surface area contributed by atoms with Crippen molar-refractivity contribution >= 4 is 29.4 Å². The van der Waals surface area contributed by atoms with Gasteiger partial charge >= 0.3 is 6.29 Å². The minimum Gasteiger partial charge on any atom is -0.395 e. The van der Waals surface area contributed by atoms with Crippen LogP contribution >= 0.6 is 0 Å². The predicted octanol–water partition coefficient (Wildman–Crippen LogP) is 2.97. The first kappa shape index (κ1) is 31.9. The van der Waals surface area contributed by atoms with Gasteiger partial charge in [0.2, 0.25) is 17.6 Å². The highest BCUT2D eigenvalue weighted by Crippen LogP contribution is 2.41. The largest absolute Gasteiger partial charge is 0.586 e. The first-order valence-electron chi connectivity index (χ1n) is 15.2. The Labute approximate surface area is 258 Å². The Kier molecular flexibility index (Phi) is 9.94. The summed E-state index contributed by atoms with van der Waals surface area (Å²) in [6, 6.07) is 10.1. The van der Waals surface area contributed by atoms with Gasteiger partial charge in [0.05, 0.1) is 6.04 Å². The lowest BCUT2D eigenvalue weighted by molar-refractivity contribution is -0.286. The zero-order valence-corrected chi connectivity index (χ0v) is 24.6. The lowest BCUT2D eigenvalue weighted by atomic mass is 9.84. The van der Waals surface area contributed by atoms with Gasteiger partial charge in [0.15, 0.2) is 11.5 Å². The summed E-state index contributed by atoms with van der Waals surface area (Å²) in [5, 5.41) is 10.6. The second-order valence-corrected chi connectivity index (χ2v) is 11.7.